The van der Waals surface area contributed by atoms with Gasteiger partial charge in [0.15, 0.2) is 0 Å². The lowest BCUT2D eigenvalue weighted by Gasteiger charge is -2.31. The number of rotatable bonds is 6. The van der Waals surface area contributed by atoms with Crippen LogP contribution < -0.4 is 10.2 Å². The number of carbonyl (C=O) groups excluding carboxylic acids is 1. The van der Waals surface area contributed by atoms with E-state index in [1.54, 1.807) is 0 Å². The molecule has 1 aliphatic heterocycles. The van der Waals surface area contributed by atoms with Gasteiger partial charge in [0.1, 0.15) is 5.69 Å². The van der Waals surface area contributed by atoms with Crippen molar-refractivity contribution in [2.45, 2.75) is 19.3 Å². The summed E-state index contributed by atoms with van der Waals surface area (Å²) in [7, 11) is 0. The van der Waals surface area contributed by atoms with Crippen molar-refractivity contribution in [1.82, 2.24) is 15.5 Å². The molecule has 1 aliphatic rings. The number of para-hydroxylation sites is 1. The standard InChI is InChI=1S/C27H26N4O/c32-27(28-17-9-19-31-18-8-13-20-10-4-7-16-24(20)31)25-22-14-5-6-15-23(22)29-30-26(25)21-11-2-1-3-12-21/h1-7,10-12,14-16H,8-9,13,17-19H2,(H,28,32). The summed E-state index contributed by atoms with van der Waals surface area (Å²) in [5.74, 6) is -0.103. The van der Waals surface area contributed by atoms with Crippen molar-refractivity contribution in [3.63, 3.8) is 0 Å². The van der Waals surface area contributed by atoms with Crippen molar-refractivity contribution >= 4 is 22.5 Å². The molecule has 5 heteroatoms. The van der Waals surface area contributed by atoms with E-state index in [-0.39, 0.29) is 5.91 Å². The number of aryl methyl sites for hydroxylation is 1. The molecule has 0 unspecified atom stereocenters. The Morgan fingerprint density at radius 3 is 2.59 bits per heavy atom. The van der Waals surface area contributed by atoms with Crippen LogP contribution in [-0.4, -0.2) is 35.7 Å². The fourth-order valence-electron chi connectivity index (χ4n) is 4.49. The highest BCUT2D eigenvalue weighted by molar-refractivity contribution is 6.10. The highest BCUT2D eigenvalue weighted by atomic mass is 16.1. The van der Waals surface area contributed by atoms with Gasteiger partial charge in [-0.25, -0.2) is 0 Å². The Hall–Kier alpha value is -3.73. The van der Waals surface area contributed by atoms with Crippen LogP contribution in [0.2, 0.25) is 0 Å². The Labute approximate surface area is 188 Å². The molecule has 4 aromatic rings. The number of carbonyl (C=O) groups is 1. The van der Waals surface area contributed by atoms with Gasteiger partial charge >= 0.3 is 0 Å². The molecular weight excluding hydrogens is 396 g/mol. The molecule has 0 radical (unpaired) electrons. The second-order valence-corrected chi connectivity index (χ2v) is 8.14. The van der Waals surface area contributed by atoms with Gasteiger partial charge in [0.2, 0.25) is 0 Å². The van der Waals surface area contributed by atoms with Gasteiger partial charge < -0.3 is 10.2 Å². The van der Waals surface area contributed by atoms with Gasteiger partial charge in [0.05, 0.1) is 11.1 Å². The van der Waals surface area contributed by atoms with E-state index in [0.717, 1.165) is 42.4 Å². The normalized spacial score (nSPS) is 13.1. The van der Waals surface area contributed by atoms with Crippen molar-refractivity contribution in [3.05, 3.63) is 90.0 Å². The van der Waals surface area contributed by atoms with E-state index < -0.39 is 0 Å². The van der Waals surface area contributed by atoms with Gasteiger partial charge in [-0.3, -0.25) is 4.79 Å². The number of benzene rings is 3. The number of anilines is 1. The summed E-state index contributed by atoms with van der Waals surface area (Å²) >= 11 is 0. The van der Waals surface area contributed by atoms with Gasteiger partial charge in [-0.15, -0.1) is 10.2 Å². The quantitative estimate of drug-likeness (QED) is 0.451. The number of hydrogen-bond acceptors (Lipinski definition) is 4. The number of amides is 1. The summed E-state index contributed by atoms with van der Waals surface area (Å²) in [5.41, 5.74) is 5.57. The SMILES string of the molecule is O=C(NCCCN1CCCc2ccccc21)c1c(-c2ccccc2)nnc2ccccc12. The third kappa shape index (κ3) is 4.06. The molecule has 3 aromatic carbocycles. The van der Waals surface area contributed by atoms with E-state index in [0.29, 0.717) is 17.8 Å². The van der Waals surface area contributed by atoms with Crippen molar-refractivity contribution in [1.29, 1.82) is 0 Å². The van der Waals surface area contributed by atoms with Crippen LogP contribution in [0.25, 0.3) is 22.2 Å². The van der Waals surface area contributed by atoms with E-state index in [4.69, 9.17) is 0 Å². The summed E-state index contributed by atoms with van der Waals surface area (Å²) in [6, 6.07) is 26.1. The first-order valence-electron chi connectivity index (χ1n) is 11.2. The van der Waals surface area contributed by atoms with E-state index in [2.05, 4.69) is 44.7 Å². The van der Waals surface area contributed by atoms with E-state index >= 15 is 0 Å². The summed E-state index contributed by atoms with van der Waals surface area (Å²) in [6.45, 7) is 2.61. The van der Waals surface area contributed by atoms with Crippen LogP contribution in [0.15, 0.2) is 78.9 Å². The zero-order valence-electron chi connectivity index (χ0n) is 18.0. The van der Waals surface area contributed by atoms with Crippen LogP contribution in [0.3, 0.4) is 0 Å². The molecule has 5 nitrogen and oxygen atoms in total. The van der Waals surface area contributed by atoms with Crippen molar-refractivity contribution in [3.8, 4) is 11.3 Å². The molecule has 5 rings (SSSR count). The predicted molar refractivity (Wildman–Crippen MR) is 129 cm³/mol. The molecule has 0 atom stereocenters. The van der Waals surface area contributed by atoms with E-state index in [1.165, 1.54) is 17.7 Å². The molecular formula is C27H26N4O. The molecule has 0 aliphatic carbocycles. The molecule has 0 saturated heterocycles. The van der Waals surface area contributed by atoms with Gasteiger partial charge in [0.25, 0.3) is 5.91 Å². The molecule has 160 valence electrons. The Bertz CT molecular complexity index is 1240. The van der Waals surface area contributed by atoms with E-state index in [9.17, 15) is 4.79 Å². The second-order valence-electron chi connectivity index (χ2n) is 8.14. The van der Waals surface area contributed by atoms with Crippen LogP contribution in [0.1, 0.15) is 28.8 Å². The minimum atomic E-state index is -0.103. The Morgan fingerprint density at radius 1 is 0.906 bits per heavy atom. The zero-order chi connectivity index (χ0) is 21.8. The maximum Gasteiger partial charge on any atom is 0.254 e. The van der Waals surface area contributed by atoms with Crippen molar-refractivity contribution in [2.24, 2.45) is 0 Å². The van der Waals surface area contributed by atoms with E-state index in [1.807, 2.05) is 54.6 Å². The maximum atomic E-state index is 13.3. The lowest BCUT2D eigenvalue weighted by atomic mass is 10.0. The minimum Gasteiger partial charge on any atom is -0.371 e. The monoisotopic (exact) mass is 422 g/mol. The first kappa shape index (κ1) is 20.2. The Morgan fingerprint density at radius 2 is 1.69 bits per heavy atom. The van der Waals surface area contributed by atoms with Crippen LogP contribution in [0.4, 0.5) is 5.69 Å². The maximum absolute atomic E-state index is 13.3. The molecule has 0 fully saturated rings. The molecule has 32 heavy (non-hydrogen) atoms. The van der Waals surface area contributed by atoms with Crippen molar-refractivity contribution < 1.29 is 4.79 Å². The molecule has 1 aromatic heterocycles. The number of hydrogen-bond donors (Lipinski definition) is 1. The lowest BCUT2D eigenvalue weighted by Crippen LogP contribution is -2.33. The highest BCUT2D eigenvalue weighted by Crippen LogP contribution is 2.28. The van der Waals surface area contributed by atoms with Crippen LogP contribution in [0, 0.1) is 0 Å². The second kappa shape index (κ2) is 9.18. The summed E-state index contributed by atoms with van der Waals surface area (Å²) < 4.78 is 0. The molecule has 0 saturated carbocycles. The fourth-order valence-corrected chi connectivity index (χ4v) is 4.49. The number of fused-ring (bicyclic) bond motifs is 2. The largest absolute Gasteiger partial charge is 0.371 e. The van der Waals surface area contributed by atoms with Crippen LogP contribution in [-0.2, 0) is 6.42 Å². The Balaban J connectivity index is 1.32. The van der Waals surface area contributed by atoms with Crippen LogP contribution in [0.5, 0.6) is 0 Å². The van der Waals surface area contributed by atoms with Crippen molar-refractivity contribution in [2.75, 3.05) is 24.5 Å². The topological polar surface area (TPSA) is 58.1 Å². The first-order chi connectivity index (χ1) is 15.8. The van der Waals surface area contributed by atoms with Gasteiger partial charge in [0, 0.05) is 36.3 Å². The van der Waals surface area contributed by atoms with Gasteiger partial charge in [-0.05, 0) is 37.0 Å². The molecule has 1 N–H and O–H groups in total. The summed E-state index contributed by atoms with van der Waals surface area (Å²) in [4.78, 5) is 15.7. The number of nitrogens with one attached hydrogen (secondary N) is 1. The number of nitrogens with zero attached hydrogens (tertiary/aromatic N) is 3. The zero-order valence-corrected chi connectivity index (χ0v) is 18.0. The van der Waals surface area contributed by atoms with Crippen LogP contribution >= 0.6 is 0 Å². The average Bonchev–Trinajstić information content (AvgIpc) is 2.86. The Kier molecular flexibility index (Phi) is 5.79. The predicted octanol–water partition coefficient (Wildman–Crippen LogP) is 4.87. The van der Waals surface area contributed by atoms with Gasteiger partial charge in [-0.2, -0.15) is 0 Å². The average molecular weight is 423 g/mol. The lowest BCUT2D eigenvalue weighted by molar-refractivity contribution is 0.0955. The molecule has 1 amide bonds. The molecule has 0 bridgehead atoms. The third-order valence-corrected chi connectivity index (χ3v) is 6.04. The van der Waals surface area contributed by atoms with Gasteiger partial charge in [-0.1, -0.05) is 66.7 Å². The third-order valence-electron chi connectivity index (χ3n) is 6.04. The molecule has 2 heterocycles. The minimum absolute atomic E-state index is 0.103. The first-order valence-corrected chi connectivity index (χ1v) is 11.2. The summed E-state index contributed by atoms with van der Waals surface area (Å²) in [5, 5.41) is 12.7. The highest BCUT2D eigenvalue weighted by Gasteiger charge is 2.19. The fraction of sp³-hybridized carbons (Fsp3) is 0.222. The summed E-state index contributed by atoms with van der Waals surface area (Å²) in [6.07, 6.45) is 3.21. The number of aromatic nitrogens is 2. The molecule has 0 spiro atoms. The smallest absolute Gasteiger partial charge is 0.254 e.